The molecule has 1 fully saturated rings. The fourth-order valence-electron chi connectivity index (χ4n) is 1.44. The van der Waals surface area contributed by atoms with E-state index in [1.165, 1.54) is 32.4 Å². The highest BCUT2D eigenvalue weighted by atomic mass is 15.1. The van der Waals surface area contributed by atoms with Gasteiger partial charge in [-0.1, -0.05) is 18.3 Å². The molecule has 12 heavy (non-hydrogen) atoms. The topological polar surface area (TPSA) is 15.3 Å². The second-order valence-corrected chi connectivity index (χ2v) is 3.22. The molecule has 1 saturated heterocycles. The smallest absolute Gasteiger partial charge is 0.0602 e. The molecule has 0 aromatic rings. The summed E-state index contributed by atoms with van der Waals surface area (Å²) in [5.41, 5.74) is 0. The average Bonchev–Trinajstić information content (AvgIpc) is 2.14. The van der Waals surface area contributed by atoms with Crippen LogP contribution in [0.3, 0.4) is 0 Å². The molecule has 0 unspecified atom stereocenters. The van der Waals surface area contributed by atoms with Crippen LogP contribution in [-0.4, -0.2) is 38.1 Å². The van der Waals surface area contributed by atoms with Crippen molar-refractivity contribution in [1.82, 2.24) is 10.2 Å². The van der Waals surface area contributed by atoms with Gasteiger partial charge >= 0.3 is 0 Å². The van der Waals surface area contributed by atoms with Gasteiger partial charge in [0.15, 0.2) is 0 Å². The molecule has 0 aliphatic carbocycles. The maximum absolute atomic E-state index is 3.17. The first-order valence-corrected chi connectivity index (χ1v) is 4.76. The third-order valence-electron chi connectivity index (χ3n) is 2.14. The molecular weight excluding hydrogens is 148 g/mol. The van der Waals surface area contributed by atoms with E-state index in [0.717, 1.165) is 13.1 Å². The molecule has 1 aliphatic rings. The van der Waals surface area contributed by atoms with Crippen LogP contribution in [0.15, 0.2) is 0 Å². The van der Waals surface area contributed by atoms with E-state index < -0.39 is 0 Å². The zero-order valence-corrected chi connectivity index (χ0v) is 7.90. The van der Waals surface area contributed by atoms with E-state index in [1.807, 2.05) is 7.05 Å². The van der Waals surface area contributed by atoms with Crippen LogP contribution in [-0.2, 0) is 0 Å². The van der Waals surface area contributed by atoms with Crippen molar-refractivity contribution in [3.05, 3.63) is 0 Å². The number of piperidine rings is 1. The van der Waals surface area contributed by atoms with Crippen LogP contribution in [0.25, 0.3) is 0 Å². The number of hydrogen-bond acceptors (Lipinski definition) is 2. The molecule has 0 spiro atoms. The molecule has 0 saturated carbocycles. The Morgan fingerprint density at radius 3 is 2.58 bits per heavy atom. The molecule has 0 atom stereocenters. The highest BCUT2D eigenvalue weighted by Crippen LogP contribution is 2.06. The molecular formula is C10H18N2. The summed E-state index contributed by atoms with van der Waals surface area (Å²) in [6.45, 7) is 4.26. The van der Waals surface area contributed by atoms with Crippen molar-refractivity contribution in [2.75, 3.05) is 33.2 Å². The van der Waals surface area contributed by atoms with Gasteiger partial charge in [0.1, 0.15) is 0 Å². The molecule has 2 nitrogen and oxygen atoms in total. The van der Waals surface area contributed by atoms with Crippen LogP contribution in [0.2, 0.25) is 0 Å². The van der Waals surface area contributed by atoms with Crippen molar-refractivity contribution in [3.63, 3.8) is 0 Å². The minimum absolute atomic E-state index is 0.813. The lowest BCUT2D eigenvalue weighted by Crippen LogP contribution is -2.29. The van der Waals surface area contributed by atoms with E-state index in [1.54, 1.807) is 0 Å². The number of rotatable bonds is 2. The minimum Gasteiger partial charge on any atom is -0.309 e. The third kappa shape index (κ3) is 3.75. The third-order valence-corrected chi connectivity index (χ3v) is 2.14. The predicted octanol–water partition coefficient (Wildman–Crippen LogP) is 0.695. The van der Waals surface area contributed by atoms with Crippen molar-refractivity contribution in [1.29, 1.82) is 0 Å². The van der Waals surface area contributed by atoms with Gasteiger partial charge in [-0.2, -0.15) is 0 Å². The van der Waals surface area contributed by atoms with E-state index in [2.05, 4.69) is 22.1 Å². The normalized spacial score (nSPS) is 18.4. The molecule has 0 aromatic heterocycles. The maximum Gasteiger partial charge on any atom is 0.0602 e. The van der Waals surface area contributed by atoms with Gasteiger partial charge in [-0.15, -0.1) is 0 Å². The maximum atomic E-state index is 3.17. The first-order chi connectivity index (χ1) is 5.93. The Morgan fingerprint density at radius 2 is 1.92 bits per heavy atom. The first-order valence-electron chi connectivity index (χ1n) is 4.76. The summed E-state index contributed by atoms with van der Waals surface area (Å²) < 4.78 is 0. The van der Waals surface area contributed by atoms with Crippen LogP contribution in [0.5, 0.6) is 0 Å². The second-order valence-electron chi connectivity index (χ2n) is 3.22. The Labute approximate surface area is 75.3 Å². The summed E-state index contributed by atoms with van der Waals surface area (Å²) in [7, 11) is 1.93. The van der Waals surface area contributed by atoms with E-state index in [0.29, 0.717) is 0 Å². The highest BCUT2D eigenvalue weighted by molar-refractivity contribution is 5.02. The summed E-state index contributed by atoms with van der Waals surface area (Å²) in [5.74, 6) is 6.25. The lowest BCUT2D eigenvalue weighted by Gasteiger charge is -2.23. The molecule has 0 radical (unpaired) electrons. The van der Waals surface area contributed by atoms with Crippen molar-refractivity contribution in [2.45, 2.75) is 19.3 Å². The van der Waals surface area contributed by atoms with Crippen LogP contribution >= 0.6 is 0 Å². The number of nitrogens with one attached hydrogen (secondary N) is 1. The van der Waals surface area contributed by atoms with E-state index >= 15 is 0 Å². The quantitative estimate of drug-likeness (QED) is 0.607. The Bertz CT molecular complexity index is 160. The molecule has 2 heteroatoms. The lowest BCUT2D eigenvalue weighted by atomic mass is 10.1. The Kier molecular flexibility index (Phi) is 4.82. The van der Waals surface area contributed by atoms with E-state index in [4.69, 9.17) is 0 Å². The summed E-state index contributed by atoms with van der Waals surface area (Å²) >= 11 is 0. The van der Waals surface area contributed by atoms with Crippen LogP contribution in [0.4, 0.5) is 0 Å². The van der Waals surface area contributed by atoms with Gasteiger partial charge in [0.05, 0.1) is 13.1 Å². The monoisotopic (exact) mass is 166 g/mol. The zero-order chi connectivity index (χ0) is 8.65. The van der Waals surface area contributed by atoms with Crippen LogP contribution < -0.4 is 5.32 Å². The number of likely N-dealkylation sites (tertiary alicyclic amines) is 1. The van der Waals surface area contributed by atoms with Crippen LogP contribution in [0.1, 0.15) is 19.3 Å². The summed E-state index contributed by atoms with van der Waals surface area (Å²) in [6.07, 6.45) is 4.11. The summed E-state index contributed by atoms with van der Waals surface area (Å²) in [6, 6.07) is 0. The molecule has 1 aliphatic heterocycles. The first kappa shape index (κ1) is 9.57. The summed E-state index contributed by atoms with van der Waals surface area (Å²) in [5, 5.41) is 3.01. The summed E-state index contributed by atoms with van der Waals surface area (Å²) in [4.78, 5) is 2.44. The number of nitrogens with zero attached hydrogens (tertiary/aromatic N) is 1. The zero-order valence-electron chi connectivity index (χ0n) is 7.90. The molecule has 0 bridgehead atoms. The van der Waals surface area contributed by atoms with Gasteiger partial charge in [0.2, 0.25) is 0 Å². The molecule has 68 valence electrons. The largest absolute Gasteiger partial charge is 0.309 e. The van der Waals surface area contributed by atoms with Crippen molar-refractivity contribution >= 4 is 0 Å². The fraction of sp³-hybridized carbons (Fsp3) is 0.800. The Morgan fingerprint density at radius 1 is 1.17 bits per heavy atom. The highest BCUT2D eigenvalue weighted by Gasteiger charge is 2.07. The Balaban J connectivity index is 2.09. The molecule has 1 N–H and O–H groups in total. The molecule has 1 heterocycles. The van der Waals surface area contributed by atoms with Crippen LogP contribution in [0, 0.1) is 11.8 Å². The standard InChI is InChI=1S/C10H18N2/c1-11-7-3-6-10-12-8-4-2-5-9-12/h11H,2,4-5,7-10H2,1H3. The SMILES string of the molecule is CNCC#CCN1CCCCC1. The molecule has 0 aromatic carbocycles. The number of hydrogen-bond donors (Lipinski definition) is 1. The van der Waals surface area contributed by atoms with Crippen molar-refractivity contribution in [3.8, 4) is 11.8 Å². The molecule has 1 rings (SSSR count). The fourth-order valence-corrected chi connectivity index (χ4v) is 1.44. The molecule has 0 amide bonds. The second kappa shape index (κ2) is 6.05. The lowest BCUT2D eigenvalue weighted by molar-refractivity contribution is 0.255. The minimum atomic E-state index is 0.813. The Hall–Kier alpha value is -0.520. The van der Waals surface area contributed by atoms with Gasteiger partial charge in [-0.05, 0) is 33.0 Å². The van der Waals surface area contributed by atoms with Gasteiger partial charge in [-0.3, -0.25) is 4.90 Å². The van der Waals surface area contributed by atoms with E-state index in [9.17, 15) is 0 Å². The van der Waals surface area contributed by atoms with Gasteiger partial charge < -0.3 is 5.32 Å². The van der Waals surface area contributed by atoms with Crippen molar-refractivity contribution < 1.29 is 0 Å². The van der Waals surface area contributed by atoms with Crippen molar-refractivity contribution in [2.24, 2.45) is 0 Å². The van der Waals surface area contributed by atoms with Gasteiger partial charge in [0.25, 0.3) is 0 Å². The van der Waals surface area contributed by atoms with Gasteiger partial charge in [0, 0.05) is 0 Å². The van der Waals surface area contributed by atoms with Gasteiger partial charge in [-0.25, -0.2) is 0 Å². The average molecular weight is 166 g/mol. The van der Waals surface area contributed by atoms with E-state index in [-0.39, 0.29) is 0 Å². The predicted molar refractivity (Wildman–Crippen MR) is 52.0 cm³/mol.